The fraction of sp³-hybridized carbons (Fsp3) is 0.714. The fourth-order valence-electron chi connectivity index (χ4n) is 4.30. The summed E-state index contributed by atoms with van der Waals surface area (Å²) < 4.78 is 5.74. The number of benzene rings is 1. The first-order valence-corrected chi connectivity index (χ1v) is 10.0. The van der Waals surface area contributed by atoms with Gasteiger partial charge in [-0.2, -0.15) is 0 Å². The molecule has 0 amide bonds. The Labute approximate surface area is 152 Å². The van der Waals surface area contributed by atoms with Gasteiger partial charge in [-0.3, -0.25) is 4.90 Å². The van der Waals surface area contributed by atoms with Gasteiger partial charge in [0.15, 0.2) is 0 Å². The highest BCUT2D eigenvalue weighted by molar-refractivity contribution is 5.27. The van der Waals surface area contributed by atoms with Gasteiger partial charge in [-0.25, -0.2) is 0 Å². The normalized spacial score (nSPS) is 24.5. The molecule has 2 fully saturated rings. The summed E-state index contributed by atoms with van der Waals surface area (Å²) in [5.74, 6) is 0.845. The van der Waals surface area contributed by atoms with Crippen molar-refractivity contribution in [2.24, 2.45) is 0 Å². The molecule has 2 aliphatic heterocycles. The smallest absolute Gasteiger partial charge is 0.119 e. The first-order chi connectivity index (χ1) is 12.2. The van der Waals surface area contributed by atoms with Gasteiger partial charge in [0.25, 0.3) is 0 Å². The van der Waals surface area contributed by atoms with Crippen molar-refractivity contribution in [2.45, 2.75) is 64.1 Å². The molecule has 2 unspecified atom stereocenters. The molecular formula is C21H34N2O2. The first-order valence-electron chi connectivity index (χ1n) is 10.0. The maximum atomic E-state index is 10.3. The average molecular weight is 347 g/mol. The summed E-state index contributed by atoms with van der Waals surface area (Å²) in [6.45, 7) is 9.07. The monoisotopic (exact) mass is 346 g/mol. The summed E-state index contributed by atoms with van der Waals surface area (Å²) in [5.41, 5.74) is 1.31. The largest absolute Gasteiger partial charge is 0.491 e. The summed E-state index contributed by atoms with van der Waals surface area (Å²) in [5, 5.41) is 10.3. The maximum absolute atomic E-state index is 10.3. The Balaban J connectivity index is 1.36. The van der Waals surface area contributed by atoms with E-state index in [2.05, 4.69) is 35.8 Å². The zero-order valence-corrected chi connectivity index (χ0v) is 15.9. The van der Waals surface area contributed by atoms with Crippen molar-refractivity contribution < 1.29 is 9.84 Å². The van der Waals surface area contributed by atoms with Crippen LogP contribution in [0.5, 0.6) is 5.75 Å². The van der Waals surface area contributed by atoms with Gasteiger partial charge < -0.3 is 14.7 Å². The highest BCUT2D eigenvalue weighted by atomic mass is 16.5. The SMILES string of the molecule is CCc1ccc(OCC(O)CN2CCC(N3CCCC3C)CC2)cc1. The predicted octanol–water partition coefficient (Wildman–Crippen LogP) is 2.94. The van der Waals surface area contributed by atoms with Crippen LogP contribution in [0.2, 0.25) is 0 Å². The third-order valence-corrected chi connectivity index (χ3v) is 5.87. The Kier molecular flexibility index (Phi) is 6.74. The molecule has 0 aromatic heterocycles. The standard InChI is InChI=1S/C21H34N2O2/c1-3-18-6-8-21(9-7-18)25-16-20(24)15-22-13-10-19(11-14-22)23-12-4-5-17(23)2/h6-9,17,19-20,24H,3-5,10-16H2,1-2H3. The van der Waals surface area contributed by atoms with E-state index in [0.29, 0.717) is 6.61 Å². The van der Waals surface area contributed by atoms with Crippen LogP contribution < -0.4 is 4.74 Å². The Morgan fingerprint density at radius 2 is 1.84 bits per heavy atom. The van der Waals surface area contributed by atoms with Crippen molar-refractivity contribution in [3.63, 3.8) is 0 Å². The quantitative estimate of drug-likeness (QED) is 0.823. The lowest BCUT2D eigenvalue weighted by molar-refractivity contribution is 0.0429. The van der Waals surface area contributed by atoms with Gasteiger partial charge in [-0.05, 0) is 76.4 Å². The minimum absolute atomic E-state index is 0.370. The van der Waals surface area contributed by atoms with E-state index >= 15 is 0 Å². The molecule has 0 radical (unpaired) electrons. The fourth-order valence-corrected chi connectivity index (χ4v) is 4.30. The van der Waals surface area contributed by atoms with E-state index in [4.69, 9.17) is 4.74 Å². The number of rotatable bonds is 7. The topological polar surface area (TPSA) is 35.9 Å². The molecule has 3 rings (SSSR count). The van der Waals surface area contributed by atoms with Crippen LogP contribution >= 0.6 is 0 Å². The van der Waals surface area contributed by atoms with Crippen LogP contribution in [-0.2, 0) is 6.42 Å². The van der Waals surface area contributed by atoms with Crippen molar-refractivity contribution in [3.8, 4) is 5.75 Å². The lowest BCUT2D eigenvalue weighted by Gasteiger charge is -2.39. The molecule has 0 saturated carbocycles. The molecule has 2 saturated heterocycles. The van der Waals surface area contributed by atoms with Crippen LogP contribution in [0.1, 0.15) is 45.1 Å². The van der Waals surface area contributed by atoms with Crippen molar-refractivity contribution in [3.05, 3.63) is 29.8 Å². The Morgan fingerprint density at radius 3 is 2.44 bits per heavy atom. The zero-order chi connectivity index (χ0) is 17.6. The Morgan fingerprint density at radius 1 is 1.12 bits per heavy atom. The van der Waals surface area contributed by atoms with Crippen molar-refractivity contribution >= 4 is 0 Å². The Hall–Kier alpha value is -1.10. The first kappa shape index (κ1) is 18.7. The van der Waals surface area contributed by atoms with E-state index in [0.717, 1.165) is 43.9 Å². The molecule has 4 nitrogen and oxygen atoms in total. The number of hydrogen-bond donors (Lipinski definition) is 1. The zero-order valence-electron chi connectivity index (χ0n) is 15.9. The van der Waals surface area contributed by atoms with Crippen LogP contribution in [0.15, 0.2) is 24.3 Å². The van der Waals surface area contributed by atoms with Gasteiger partial charge in [-0.15, -0.1) is 0 Å². The van der Waals surface area contributed by atoms with Crippen LogP contribution in [0.3, 0.4) is 0 Å². The molecule has 2 aliphatic rings. The number of β-amino-alcohol motifs (C(OH)–C–C–N with tert-alkyl or cyclic N) is 1. The van der Waals surface area contributed by atoms with Crippen molar-refractivity contribution in [1.29, 1.82) is 0 Å². The second-order valence-electron chi connectivity index (χ2n) is 7.72. The molecule has 0 aliphatic carbocycles. The highest BCUT2D eigenvalue weighted by Gasteiger charge is 2.30. The minimum atomic E-state index is -0.423. The molecule has 25 heavy (non-hydrogen) atoms. The van der Waals surface area contributed by atoms with Crippen LogP contribution in [0.25, 0.3) is 0 Å². The molecule has 0 bridgehead atoms. The summed E-state index contributed by atoms with van der Waals surface area (Å²) in [4.78, 5) is 5.10. The second kappa shape index (κ2) is 9.02. The van der Waals surface area contributed by atoms with E-state index in [1.807, 2.05) is 12.1 Å². The number of ether oxygens (including phenoxy) is 1. The predicted molar refractivity (Wildman–Crippen MR) is 102 cm³/mol. The van der Waals surface area contributed by atoms with E-state index in [9.17, 15) is 5.11 Å². The number of aliphatic hydroxyl groups is 1. The summed E-state index contributed by atoms with van der Waals surface area (Å²) in [7, 11) is 0. The molecule has 1 aromatic rings. The van der Waals surface area contributed by atoms with E-state index in [-0.39, 0.29) is 0 Å². The van der Waals surface area contributed by atoms with Gasteiger partial charge in [0.05, 0.1) is 0 Å². The lowest BCUT2D eigenvalue weighted by atomic mass is 10.0. The van der Waals surface area contributed by atoms with Gasteiger partial charge in [0, 0.05) is 18.6 Å². The molecule has 4 heteroatoms. The van der Waals surface area contributed by atoms with Crippen LogP contribution in [-0.4, -0.2) is 65.9 Å². The average Bonchev–Trinajstić information content (AvgIpc) is 3.07. The molecule has 1 aromatic carbocycles. The lowest BCUT2D eigenvalue weighted by Crippen LogP contribution is -2.48. The summed E-state index contributed by atoms with van der Waals surface area (Å²) >= 11 is 0. The number of hydrogen-bond acceptors (Lipinski definition) is 4. The molecule has 140 valence electrons. The van der Waals surface area contributed by atoms with Gasteiger partial charge >= 0.3 is 0 Å². The van der Waals surface area contributed by atoms with Crippen LogP contribution in [0.4, 0.5) is 0 Å². The second-order valence-corrected chi connectivity index (χ2v) is 7.72. The number of aliphatic hydroxyl groups excluding tert-OH is 1. The van der Waals surface area contributed by atoms with Gasteiger partial charge in [0.1, 0.15) is 18.5 Å². The van der Waals surface area contributed by atoms with E-state index < -0.39 is 6.10 Å². The van der Waals surface area contributed by atoms with Crippen LogP contribution in [0, 0.1) is 0 Å². The number of likely N-dealkylation sites (tertiary alicyclic amines) is 2. The molecule has 1 N–H and O–H groups in total. The number of aryl methyl sites for hydroxylation is 1. The maximum Gasteiger partial charge on any atom is 0.119 e. The molecule has 2 atom stereocenters. The van der Waals surface area contributed by atoms with Gasteiger partial charge in [0.2, 0.25) is 0 Å². The number of piperidine rings is 1. The highest BCUT2D eigenvalue weighted by Crippen LogP contribution is 2.25. The minimum Gasteiger partial charge on any atom is -0.491 e. The molecular weight excluding hydrogens is 312 g/mol. The summed E-state index contributed by atoms with van der Waals surface area (Å²) in [6.07, 6.45) is 5.79. The van der Waals surface area contributed by atoms with Gasteiger partial charge in [-0.1, -0.05) is 19.1 Å². The Bertz CT molecular complexity index is 511. The summed E-state index contributed by atoms with van der Waals surface area (Å²) in [6, 6.07) is 9.68. The van der Waals surface area contributed by atoms with Crippen molar-refractivity contribution in [1.82, 2.24) is 9.80 Å². The van der Waals surface area contributed by atoms with E-state index in [1.165, 1.54) is 37.8 Å². The van der Waals surface area contributed by atoms with Crippen molar-refractivity contribution in [2.75, 3.05) is 32.8 Å². The molecule has 0 spiro atoms. The molecule has 2 heterocycles. The number of nitrogens with zero attached hydrogens (tertiary/aromatic N) is 2. The third-order valence-electron chi connectivity index (χ3n) is 5.87. The van der Waals surface area contributed by atoms with E-state index in [1.54, 1.807) is 0 Å². The third kappa shape index (κ3) is 5.19.